The standard InChI is InChI=1S/C7F8/c8-1-2(9)6(13)4(11)3(10)5(1,12)7(6,14)15. The summed E-state index contributed by atoms with van der Waals surface area (Å²) in [5.74, 6) is -17.4. The van der Waals surface area contributed by atoms with Gasteiger partial charge in [0, 0.05) is 0 Å². The van der Waals surface area contributed by atoms with Crippen molar-refractivity contribution in [2.24, 2.45) is 0 Å². The van der Waals surface area contributed by atoms with E-state index in [9.17, 15) is 35.1 Å². The fraction of sp³-hybridized carbons (Fsp3) is 0.429. The van der Waals surface area contributed by atoms with Gasteiger partial charge in [-0.25, -0.2) is 26.3 Å². The Morgan fingerprint density at radius 1 is 0.533 bits per heavy atom. The van der Waals surface area contributed by atoms with Crippen LogP contribution in [0.5, 0.6) is 0 Å². The number of hydrogen-bond donors (Lipinski definition) is 0. The molecule has 2 aliphatic rings. The molecule has 0 aromatic heterocycles. The van der Waals surface area contributed by atoms with E-state index in [1.165, 1.54) is 0 Å². The molecule has 0 saturated carbocycles. The van der Waals surface area contributed by atoms with Crippen LogP contribution in [0.15, 0.2) is 23.3 Å². The molecule has 2 aliphatic carbocycles. The molecule has 0 amide bonds. The SMILES string of the molecule is FC1=C(F)C2(F)C(F)=C(F)C1(F)C2(F)F. The Hall–Kier alpha value is -1.08. The third-order valence-electron chi connectivity index (χ3n) is 2.46. The van der Waals surface area contributed by atoms with Crippen molar-refractivity contribution in [3.63, 3.8) is 0 Å². The lowest BCUT2D eigenvalue weighted by atomic mass is 10.0. The Morgan fingerprint density at radius 3 is 0.867 bits per heavy atom. The first-order valence-corrected chi connectivity index (χ1v) is 3.51. The average Bonchev–Trinajstić information content (AvgIpc) is 2.34. The number of halogens is 8. The van der Waals surface area contributed by atoms with Gasteiger partial charge in [-0.1, -0.05) is 0 Å². The molecule has 2 rings (SSSR count). The summed E-state index contributed by atoms with van der Waals surface area (Å²) in [4.78, 5) is 0. The Balaban J connectivity index is 2.84. The second-order valence-corrected chi connectivity index (χ2v) is 3.15. The molecule has 15 heavy (non-hydrogen) atoms. The molecular weight excluding hydrogens is 236 g/mol. The van der Waals surface area contributed by atoms with Crippen LogP contribution in [-0.4, -0.2) is 17.3 Å². The Morgan fingerprint density at radius 2 is 0.733 bits per heavy atom. The van der Waals surface area contributed by atoms with Crippen LogP contribution in [0, 0.1) is 0 Å². The maximum absolute atomic E-state index is 13.1. The molecule has 0 spiro atoms. The Bertz CT molecular complexity index is 355. The van der Waals surface area contributed by atoms with Gasteiger partial charge in [-0.05, 0) is 0 Å². The van der Waals surface area contributed by atoms with E-state index in [0.717, 1.165) is 0 Å². The predicted molar refractivity (Wildman–Crippen MR) is 31.1 cm³/mol. The van der Waals surface area contributed by atoms with Crippen LogP contribution in [0.3, 0.4) is 0 Å². The van der Waals surface area contributed by atoms with Crippen molar-refractivity contribution < 1.29 is 35.1 Å². The van der Waals surface area contributed by atoms with E-state index in [1.54, 1.807) is 0 Å². The lowest BCUT2D eigenvalue weighted by Crippen LogP contribution is -2.48. The molecule has 0 nitrogen and oxygen atoms in total. The van der Waals surface area contributed by atoms with Crippen LogP contribution in [-0.2, 0) is 0 Å². The first kappa shape index (κ1) is 10.4. The zero-order chi connectivity index (χ0) is 11.8. The lowest BCUT2D eigenvalue weighted by Gasteiger charge is -2.23. The van der Waals surface area contributed by atoms with E-state index in [0.29, 0.717) is 0 Å². The van der Waals surface area contributed by atoms with Crippen molar-refractivity contribution in [2.75, 3.05) is 0 Å². The Labute approximate surface area is 76.9 Å². The van der Waals surface area contributed by atoms with E-state index in [4.69, 9.17) is 0 Å². The number of rotatable bonds is 0. The van der Waals surface area contributed by atoms with Crippen molar-refractivity contribution in [3.8, 4) is 0 Å². The minimum atomic E-state index is -5.50. The van der Waals surface area contributed by atoms with Gasteiger partial charge in [0.05, 0.1) is 0 Å². The minimum Gasteiger partial charge on any atom is -0.221 e. The molecule has 0 aromatic carbocycles. The van der Waals surface area contributed by atoms with Gasteiger partial charge < -0.3 is 0 Å². The van der Waals surface area contributed by atoms with Crippen molar-refractivity contribution in [3.05, 3.63) is 23.3 Å². The van der Waals surface area contributed by atoms with Gasteiger partial charge in [-0.3, -0.25) is 0 Å². The first-order chi connectivity index (χ1) is 6.63. The van der Waals surface area contributed by atoms with Crippen LogP contribution in [0.2, 0.25) is 0 Å². The summed E-state index contributed by atoms with van der Waals surface area (Å²) in [6, 6.07) is 0. The molecular formula is C7F8. The number of hydrogen-bond acceptors (Lipinski definition) is 0. The maximum atomic E-state index is 13.1. The minimum absolute atomic E-state index is 2.96. The van der Waals surface area contributed by atoms with E-state index in [-0.39, 0.29) is 0 Å². The van der Waals surface area contributed by atoms with Gasteiger partial charge in [-0.2, -0.15) is 8.78 Å². The second-order valence-electron chi connectivity index (χ2n) is 3.15. The summed E-state index contributed by atoms with van der Waals surface area (Å²) in [5.41, 5.74) is -10.0. The van der Waals surface area contributed by atoms with Gasteiger partial charge in [0.2, 0.25) is 0 Å². The summed E-state index contributed by atoms with van der Waals surface area (Å²) < 4.78 is 102. The van der Waals surface area contributed by atoms with Crippen LogP contribution >= 0.6 is 0 Å². The van der Waals surface area contributed by atoms with Gasteiger partial charge in [0.1, 0.15) is 0 Å². The highest BCUT2D eigenvalue weighted by molar-refractivity contribution is 5.58. The van der Waals surface area contributed by atoms with Crippen molar-refractivity contribution in [1.82, 2.24) is 0 Å². The quantitative estimate of drug-likeness (QED) is 0.565. The fourth-order valence-corrected chi connectivity index (χ4v) is 1.59. The lowest BCUT2D eigenvalue weighted by molar-refractivity contribution is -0.154. The fourth-order valence-electron chi connectivity index (χ4n) is 1.59. The third-order valence-corrected chi connectivity index (χ3v) is 2.46. The molecule has 0 N–H and O–H groups in total. The van der Waals surface area contributed by atoms with E-state index >= 15 is 0 Å². The highest BCUT2D eigenvalue weighted by Gasteiger charge is 2.88. The highest BCUT2D eigenvalue weighted by Crippen LogP contribution is 2.69. The predicted octanol–water partition coefficient (Wildman–Crippen LogP) is 3.37. The van der Waals surface area contributed by atoms with Gasteiger partial charge in [-0.15, -0.1) is 0 Å². The molecule has 2 bridgehead atoms. The average molecular weight is 236 g/mol. The molecule has 0 atom stereocenters. The van der Waals surface area contributed by atoms with Gasteiger partial charge in [0.15, 0.2) is 23.3 Å². The van der Waals surface area contributed by atoms with E-state index < -0.39 is 40.6 Å². The molecule has 0 aliphatic heterocycles. The van der Waals surface area contributed by atoms with E-state index in [2.05, 4.69) is 0 Å². The molecule has 0 unspecified atom stereocenters. The molecule has 0 fully saturated rings. The zero-order valence-corrected chi connectivity index (χ0v) is 6.52. The Kier molecular flexibility index (Phi) is 1.53. The molecule has 84 valence electrons. The zero-order valence-electron chi connectivity index (χ0n) is 6.52. The summed E-state index contributed by atoms with van der Waals surface area (Å²) in [5, 5.41) is 0. The molecule has 0 radical (unpaired) electrons. The maximum Gasteiger partial charge on any atom is 0.341 e. The summed E-state index contributed by atoms with van der Waals surface area (Å²) in [6.45, 7) is 0. The smallest absolute Gasteiger partial charge is 0.221 e. The topological polar surface area (TPSA) is 0 Å². The highest BCUT2D eigenvalue weighted by atomic mass is 19.3. The van der Waals surface area contributed by atoms with E-state index in [1.807, 2.05) is 0 Å². The normalized spacial score (nSPS) is 43.2. The monoisotopic (exact) mass is 236 g/mol. The molecule has 0 heterocycles. The third kappa shape index (κ3) is 0.644. The largest absolute Gasteiger partial charge is 0.341 e. The van der Waals surface area contributed by atoms with Crippen LogP contribution < -0.4 is 0 Å². The number of fused-ring (bicyclic) bond motifs is 2. The van der Waals surface area contributed by atoms with Crippen LogP contribution in [0.1, 0.15) is 0 Å². The van der Waals surface area contributed by atoms with Crippen LogP contribution in [0.25, 0.3) is 0 Å². The summed E-state index contributed by atoms with van der Waals surface area (Å²) in [6.07, 6.45) is 0. The van der Waals surface area contributed by atoms with Crippen LogP contribution in [0.4, 0.5) is 35.1 Å². The molecule has 0 aromatic rings. The first-order valence-electron chi connectivity index (χ1n) is 3.51. The van der Waals surface area contributed by atoms with Gasteiger partial charge >= 0.3 is 5.92 Å². The number of alkyl halides is 4. The van der Waals surface area contributed by atoms with Gasteiger partial charge in [0.25, 0.3) is 11.3 Å². The summed E-state index contributed by atoms with van der Waals surface area (Å²) in [7, 11) is 0. The second kappa shape index (κ2) is 2.19. The van der Waals surface area contributed by atoms with Crippen molar-refractivity contribution >= 4 is 0 Å². The summed E-state index contributed by atoms with van der Waals surface area (Å²) >= 11 is 0. The number of allylic oxidation sites excluding steroid dienone is 4. The van der Waals surface area contributed by atoms with Crippen molar-refractivity contribution in [1.29, 1.82) is 0 Å². The molecule has 0 saturated heterocycles. The molecule has 8 heteroatoms. The van der Waals surface area contributed by atoms with Crippen molar-refractivity contribution in [2.45, 2.75) is 17.3 Å².